The van der Waals surface area contributed by atoms with Crippen molar-refractivity contribution in [1.29, 1.82) is 0 Å². The van der Waals surface area contributed by atoms with Gasteiger partial charge in [0, 0.05) is 41.8 Å². The molecule has 0 radical (unpaired) electrons. The van der Waals surface area contributed by atoms with Crippen LogP contribution in [0.15, 0.2) is 18.2 Å². The molecule has 0 bridgehead atoms. The maximum absolute atomic E-state index is 12.9. The summed E-state index contributed by atoms with van der Waals surface area (Å²) in [5.74, 6) is 0.621. The first kappa shape index (κ1) is 18.0. The van der Waals surface area contributed by atoms with Crippen molar-refractivity contribution in [2.45, 2.75) is 45.6 Å². The van der Waals surface area contributed by atoms with E-state index in [1.54, 1.807) is 0 Å². The van der Waals surface area contributed by atoms with Crippen molar-refractivity contribution in [2.75, 3.05) is 20.6 Å². The van der Waals surface area contributed by atoms with Crippen LogP contribution in [0.2, 0.25) is 0 Å². The van der Waals surface area contributed by atoms with Crippen LogP contribution in [0.3, 0.4) is 0 Å². The fourth-order valence-corrected chi connectivity index (χ4v) is 4.23. The van der Waals surface area contributed by atoms with E-state index >= 15 is 0 Å². The molecule has 0 aliphatic heterocycles. The number of aryl methyl sites for hydroxylation is 2. The molecule has 1 N–H and O–H groups in total. The minimum absolute atomic E-state index is 0.0680. The van der Waals surface area contributed by atoms with E-state index in [0.717, 1.165) is 18.5 Å². The van der Waals surface area contributed by atoms with Gasteiger partial charge in [0.15, 0.2) is 0 Å². The topological polar surface area (TPSA) is 37.3 Å². The van der Waals surface area contributed by atoms with Crippen molar-refractivity contribution in [3.63, 3.8) is 0 Å². The molecular formula is C21H31N3O. The fourth-order valence-electron chi connectivity index (χ4n) is 4.23. The Morgan fingerprint density at radius 1 is 1.24 bits per heavy atom. The van der Waals surface area contributed by atoms with Gasteiger partial charge in [0.1, 0.15) is 0 Å². The monoisotopic (exact) mass is 341 g/mol. The summed E-state index contributed by atoms with van der Waals surface area (Å²) in [6, 6.07) is 6.37. The maximum atomic E-state index is 12.9. The predicted molar refractivity (Wildman–Crippen MR) is 104 cm³/mol. The number of aromatic nitrogens is 1. The first-order valence-corrected chi connectivity index (χ1v) is 9.39. The molecule has 2 aromatic rings. The van der Waals surface area contributed by atoms with Gasteiger partial charge < -0.3 is 14.8 Å². The molecule has 4 heteroatoms. The molecule has 1 amide bonds. The Morgan fingerprint density at radius 2 is 1.96 bits per heavy atom. The van der Waals surface area contributed by atoms with Gasteiger partial charge in [0.25, 0.3) is 5.91 Å². The number of hydrogen-bond acceptors (Lipinski definition) is 2. The number of nitrogens with zero attached hydrogens (tertiary/aromatic N) is 2. The molecule has 1 fully saturated rings. The molecule has 136 valence electrons. The van der Waals surface area contributed by atoms with Crippen molar-refractivity contribution < 1.29 is 4.79 Å². The van der Waals surface area contributed by atoms with Gasteiger partial charge in [-0.15, -0.1) is 0 Å². The van der Waals surface area contributed by atoms with Crippen LogP contribution in [0.4, 0.5) is 0 Å². The van der Waals surface area contributed by atoms with Crippen LogP contribution in [0.25, 0.3) is 10.9 Å². The maximum Gasteiger partial charge on any atom is 0.251 e. The number of carbonyl (C=O) groups excluding carboxylic acids is 1. The van der Waals surface area contributed by atoms with Crippen LogP contribution in [-0.4, -0.2) is 42.1 Å². The van der Waals surface area contributed by atoms with E-state index in [9.17, 15) is 4.79 Å². The third kappa shape index (κ3) is 3.59. The van der Waals surface area contributed by atoms with Crippen molar-refractivity contribution in [2.24, 2.45) is 13.0 Å². The summed E-state index contributed by atoms with van der Waals surface area (Å²) in [7, 11) is 6.31. The number of benzene rings is 1. The number of rotatable bonds is 4. The molecule has 0 saturated heterocycles. The largest absolute Gasteiger partial charge is 0.349 e. The van der Waals surface area contributed by atoms with E-state index in [-0.39, 0.29) is 11.9 Å². The summed E-state index contributed by atoms with van der Waals surface area (Å²) in [6.07, 6.45) is 4.79. The lowest BCUT2D eigenvalue weighted by Gasteiger charge is -2.34. The summed E-state index contributed by atoms with van der Waals surface area (Å²) in [6.45, 7) is 5.30. The quantitative estimate of drug-likeness (QED) is 0.922. The highest BCUT2D eigenvalue weighted by molar-refractivity contribution is 5.99. The van der Waals surface area contributed by atoms with Gasteiger partial charge in [0.2, 0.25) is 0 Å². The Hall–Kier alpha value is -1.81. The van der Waals surface area contributed by atoms with Gasteiger partial charge in [-0.25, -0.2) is 0 Å². The zero-order valence-corrected chi connectivity index (χ0v) is 16.2. The van der Waals surface area contributed by atoms with E-state index in [4.69, 9.17) is 0 Å². The molecule has 0 spiro atoms. The van der Waals surface area contributed by atoms with Crippen LogP contribution in [0.5, 0.6) is 0 Å². The van der Waals surface area contributed by atoms with Crippen molar-refractivity contribution in [3.05, 3.63) is 35.0 Å². The van der Waals surface area contributed by atoms with Crippen LogP contribution in [0, 0.1) is 19.8 Å². The van der Waals surface area contributed by atoms with Crippen molar-refractivity contribution >= 4 is 16.8 Å². The average molecular weight is 341 g/mol. The van der Waals surface area contributed by atoms with E-state index in [1.807, 2.05) is 6.07 Å². The molecule has 25 heavy (non-hydrogen) atoms. The molecule has 1 aliphatic rings. The van der Waals surface area contributed by atoms with Gasteiger partial charge in [-0.05, 0) is 70.5 Å². The lowest BCUT2D eigenvalue weighted by Crippen LogP contribution is -2.45. The van der Waals surface area contributed by atoms with Gasteiger partial charge >= 0.3 is 0 Å². The number of hydrogen-bond donors (Lipinski definition) is 1. The zero-order valence-electron chi connectivity index (χ0n) is 16.2. The summed E-state index contributed by atoms with van der Waals surface area (Å²) < 4.78 is 2.20. The molecule has 4 nitrogen and oxygen atoms in total. The first-order valence-electron chi connectivity index (χ1n) is 9.39. The molecule has 1 aliphatic carbocycles. The third-order valence-corrected chi connectivity index (χ3v) is 5.90. The summed E-state index contributed by atoms with van der Waals surface area (Å²) in [5, 5.41) is 4.51. The Labute approximate surface area is 151 Å². The van der Waals surface area contributed by atoms with Crippen molar-refractivity contribution in [3.8, 4) is 0 Å². The lowest BCUT2D eigenvalue weighted by atomic mass is 9.84. The second-order valence-electron chi connectivity index (χ2n) is 7.89. The third-order valence-electron chi connectivity index (χ3n) is 5.90. The number of nitrogens with one attached hydrogen (secondary N) is 1. The minimum atomic E-state index is 0.0680. The molecule has 3 rings (SSSR count). The molecule has 2 unspecified atom stereocenters. The summed E-state index contributed by atoms with van der Waals surface area (Å²) >= 11 is 0. The van der Waals surface area contributed by atoms with Crippen LogP contribution < -0.4 is 5.32 Å². The Kier molecular flexibility index (Phi) is 5.19. The van der Waals surface area contributed by atoms with E-state index in [0.29, 0.717) is 5.92 Å². The fraction of sp³-hybridized carbons (Fsp3) is 0.571. The Bertz CT molecular complexity index is 775. The molecule has 1 saturated carbocycles. The molecule has 1 aromatic carbocycles. The Morgan fingerprint density at radius 3 is 2.68 bits per heavy atom. The zero-order chi connectivity index (χ0) is 18.1. The van der Waals surface area contributed by atoms with Crippen molar-refractivity contribution in [1.82, 2.24) is 14.8 Å². The second kappa shape index (κ2) is 7.20. The number of carbonyl (C=O) groups is 1. The van der Waals surface area contributed by atoms with E-state index < -0.39 is 0 Å². The highest BCUT2D eigenvalue weighted by Crippen LogP contribution is 2.27. The van der Waals surface area contributed by atoms with Crippen LogP contribution >= 0.6 is 0 Å². The molecule has 1 aromatic heterocycles. The number of fused-ring (bicyclic) bond motifs is 1. The van der Waals surface area contributed by atoms with Gasteiger partial charge in [0.05, 0.1) is 0 Å². The Balaban J connectivity index is 1.80. The SMILES string of the molecule is Cc1c(C)n(C)c2ccc(C(=O)NC3CCCCC3CN(C)C)cc12. The highest BCUT2D eigenvalue weighted by atomic mass is 16.1. The molecule has 2 atom stereocenters. The molecule has 1 heterocycles. The van der Waals surface area contributed by atoms with Crippen LogP contribution in [-0.2, 0) is 7.05 Å². The summed E-state index contributed by atoms with van der Waals surface area (Å²) in [4.78, 5) is 15.1. The average Bonchev–Trinajstić information content (AvgIpc) is 2.80. The predicted octanol–water partition coefficient (Wildman–Crippen LogP) is 3.65. The normalized spacial score (nSPS) is 21.0. The first-order chi connectivity index (χ1) is 11.9. The van der Waals surface area contributed by atoms with Gasteiger partial charge in [-0.2, -0.15) is 0 Å². The standard InChI is InChI=1S/C21H31N3O/c1-14-15(2)24(5)20-11-10-16(12-18(14)20)21(25)22-19-9-7-6-8-17(19)13-23(3)4/h10-12,17,19H,6-9,13H2,1-5H3,(H,22,25). The van der Waals surface area contributed by atoms with E-state index in [2.05, 4.69) is 61.9 Å². The number of amides is 1. The van der Waals surface area contributed by atoms with E-state index in [1.165, 1.54) is 41.4 Å². The minimum Gasteiger partial charge on any atom is -0.349 e. The highest BCUT2D eigenvalue weighted by Gasteiger charge is 2.27. The van der Waals surface area contributed by atoms with Gasteiger partial charge in [-0.3, -0.25) is 4.79 Å². The van der Waals surface area contributed by atoms with Crippen LogP contribution in [0.1, 0.15) is 47.3 Å². The lowest BCUT2D eigenvalue weighted by molar-refractivity contribution is 0.0895. The molecular weight excluding hydrogens is 310 g/mol. The summed E-state index contributed by atoms with van der Waals surface area (Å²) in [5.41, 5.74) is 4.48. The van der Waals surface area contributed by atoms with Gasteiger partial charge in [-0.1, -0.05) is 12.8 Å². The smallest absolute Gasteiger partial charge is 0.251 e. The second-order valence-corrected chi connectivity index (χ2v) is 7.89.